The topological polar surface area (TPSA) is 76.5 Å². The smallest absolute Gasteiger partial charge is 0.277 e. The van der Waals surface area contributed by atoms with E-state index in [1.807, 2.05) is 86.6 Å². The number of ether oxygens (including phenoxy) is 1. The summed E-state index contributed by atoms with van der Waals surface area (Å²) in [6.45, 7) is 6.26. The molecule has 0 bridgehead atoms. The van der Waals surface area contributed by atoms with Crippen LogP contribution in [0.1, 0.15) is 34.1 Å². The summed E-state index contributed by atoms with van der Waals surface area (Å²) in [5.74, 6) is 0.165. The monoisotopic (exact) mass is 494 g/mol. The maximum absolute atomic E-state index is 14.1. The van der Waals surface area contributed by atoms with Crippen LogP contribution in [-0.2, 0) is 17.9 Å². The fourth-order valence-corrected chi connectivity index (χ4v) is 4.98. The molecule has 7 heteroatoms. The number of anilines is 1. The molecule has 1 atom stereocenters. The number of amides is 2. The molecule has 0 aliphatic carbocycles. The number of fused-ring (bicyclic) bond motifs is 1. The predicted octanol–water partition coefficient (Wildman–Crippen LogP) is 4.91. The van der Waals surface area contributed by atoms with E-state index in [2.05, 4.69) is 5.32 Å². The Bertz CT molecular complexity index is 1480. The molecular formula is C30H30N4O3. The molecule has 0 spiro atoms. The van der Waals surface area contributed by atoms with Crippen LogP contribution in [-0.4, -0.2) is 34.2 Å². The van der Waals surface area contributed by atoms with E-state index < -0.39 is 5.54 Å². The number of hydrogen-bond acceptors (Lipinski definition) is 4. The van der Waals surface area contributed by atoms with Crippen LogP contribution in [0.15, 0.2) is 78.9 Å². The number of rotatable bonds is 6. The summed E-state index contributed by atoms with van der Waals surface area (Å²) < 4.78 is 7.10. The third kappa shape index (κ3) is 4.37. The lowest BCUT2D eigenvalue weighted by Gasteiger charge is -2.43. The van der Waals surface area contributed by atoms with Crippen molar-refractivity contribution in [1.29, 1.82) is 0 Å². The number of aromatic nitrogens is 2. The zero-order valence-corrected chi connectivity index (χ0v) is 21.5. The lowest BCUT2D eigenvalue weighted by atomic mass is 9.92. The number of para-hydroxylation sites is 1. The molecule has 2 heterocycles. The number of carbonyl (C=O) groups excluding carboxylic acids is 2. The molecule has 7 nitrogen and oxygen atoms in total. The Balaban J connectivity index is 1.56. The van der Waals surface area contributed by atoms with Crippen molar-refractivity contribution in [3.8, 4) is 17.0 Å². The number of benzene rings is 3. The van der Waals surface area contributed by atoms with Gasteiger partial charge in [0.15, 0.2) is 0 Å². The Kier molecular flexibility index (Phi) is 6.29. The van der Waals surface area contributed by atoms with E-state index in [4.69, 9.17) is 9.84 Å². The normalized spacial score (nSPS) is 16.9. The van der Waals surface area contributed by atoms with Crippen molar-refractivity contribution in [2.24, 2.45) is 0 Å². The van der Waals surface area contributed by atoms with Crippen molar-refractivity contribution in [2.45, 2.75) is 39.4 Å². The molecular weight excluding hydrogens is 464 g/mol. The summed E-state index contributed by atoms with van der Waals surface area (Å²) in [6.07, 6.45) is 0. The molecule has 0 radical (unpaired) electrons. The third-order valence-corrected chi connectivity index (χ3v) is 6.94. The quantitative estimate of drug-likeness (QED) is 0.413. The molecule has 37 heavy (non-hydrogen) atoms. The maximum Gasteiger partial charge on any atom is 0.277 e. The van der Waals surface area contributed by atoms with E-state index in [0.717, 1.165) is 22.3 Å². The Hall–Kier alpha value is -4.39. The van der Waals surface area contributed by atoms with Crippen LogP contribution in [0.5, 0.6) is 5.75 Å². The van der Waals surface area contributed by atoms with Crippen LogP contribution in [0.2, 0.25) is 0 Å². The third-order valence-electron chi connectivity index (χ3n) is 6.94. The van der Waals surface area contributed by atoms with Gasteiger partial charge in [-0.3, -0.25) is 19.2 Å². The molecule has 0 saturated heterocycles. The van der Waals surface area contributed by atoms with Gasteiger partial charge in [-0.15, -0.1) is 0 Å². The average Bonchev–Trinajstić information content (AvgIpc) is 3.33. The van der Waals surface area contributed by atoms with Crippen molar-refractivity contribution in [2.75, 3.05) is 12.0 Å². The van der Waals surface area contributed by atoms with Gasteiger partial charge in [-0.25, -0.2) is 0 Å². The summed E-state index contributed by atoms with van der Waals surface area (Å²) in [5, 5.41) is 7.78. The Labute approximate surface area is 216 Å². The van der Waals surface area contributed by atoms with Crippen LogP contribution in [0.25, 0.3) is 11.3 Å². The zero-order valence-electron chi connectivity index (χ0n) is 21.5. The number of nitrogens with one attached hydrogen (secondary N) is 1. The molecule has 188 valence electrons. The molecule has 0 saturated carbocycles. The van der Waals surface area contributed by atoms with E-state index in [1.54, 1.807) is 29.7 Å². The van der Waals surface area contributed by atoms with Gasteiger partial charge in [0.1, 0.15) is 17.0 Å². The Morgan fingerprint density at radius 2 is 1.76 bits per heavy atom. The van der Waals surface area contributed by atoms with Crippen molar-refractivity contribution in [1.82, 2.24) is 15.1 Å². The molecule has 2 amide bonds. The fourth-order valence-electron chi connectivity index (χ4n) is 4.98. The number of aryl methyl sites for hydroxylation is 2. The summed E-state index contributed by atoms with van der Waals surface area (Å²) in [5.41, 5.74) is 4.42. The molecule has 0 unspecified atom stereocenters. The molecule has 1 aliphatic heterocycles. The Morgan fingerprint density at radius 1 is 1.03 bits per heavy atom. The fraction of sp³-hybridized carbons (Fsp3) is 0.233. The minimum absolute atomic E-state index is 0.214. The SMILES string of the molecule is COc1ccccc1CNC(=O)[C@]1(C)Cn2nc(-c3ccccc3)cc2C(=O)N1c1ccc(C)cc1C. The first-order valence-corrected chi connectivity index (χ1v) is 12.3. The lowest BCUT2D eigenvalue weighted by molar-refractivity contribution is -0.126. The number of hydrogen-bond donors (Lipinski definition) is 1. The van der Waals surface area contributed by atoms with E-state index in [9.17, 15) is 9.59 Å². The van der Waals surface area contributed by atoms with Crippen LogP contribution >= 0.6 is 0 Å². The molecule has 0 fully saturated rings. The van der Waals surface area contributed by atoms with Crippen molar-refractivity contribution < 1.29 is 14.3 Å². The van der Waals surface area contributed by atoms with Crippen LogP contribution < -0.4 is 15.0 Å². The number of carbonyl (C=O) groups is 2. The molecule has 1 aromatic heterocycles. The van der Waals surface area contributed by atoms with E-state index in [1.165, 1.54) is 0 Å². The van der Waals surface area contributed by atoms with Crippen LogP contribution in [0, 0.1) is 13.8 Å². The highest BCUT2D eigenvalue weighted by molar-refractivity contribution is 6.12. The van der Waals surface area contributed by atoms with Crippen molar-refractivity contribution in [3.63, 3.8) is 0 Å². The highest BCUT2D eigenvalue weighted by Gasteiger charge is 2.49. The summed E-state index contributed by atoms with van der Waals surface area (Å²) in [4.78, 5) is 29.6. The highest BCUT2D eigenvalue weighted by Crippen LogP contribution is 2.36. The standard InChI is InChI=1S/C30H30N4O3/c1-20-14-15-25(21(2)16-20)34-28(35)26-17-24(22-10-6-5-7-11-22)32-33(26)19-30(34,3)29(36)31-18-23-12-8-9-13-27(23)37-4/h5-17H,18-19H2,1-4H3,(H,31,36)/t30-/m0/s1. The van der Waals surface area contributed by atoms with Gasteiger partial charge in [0.2, 0.25) is 5.91 Å². The van der Waals surface area contributed by atoms with Crippen LogP contribution in [0.4, 0.5) is 5.69 Å². The van der Waals surface area contributed by atoms with Gasteiger partial charge < -0.3 is 10.1 Å². The first-order chi connectivity index (χ1) is 17.8. The lowest BCUT2D eigenvalue weighted by Crippen LogP contribution is -2.64. The van der Waals surface area contributed by atoms with Gasteiger partial charge in [-0.1, -0.05) is 66.2 Å². The second kappa shape index (κ2) is 9.58. The second-order valence-corrected chi connectivity index (χ2v) is 9.64. The Morgan fingerprint density at radius 3 is 2.49 bits per heavy atom. The minimum atomic E-state index is -1.22. The largest absolute Gasteiger partial charge is 0.496 e. The second-order valence-electron chi connectivity index (χ2n) is 9.64. The van der Waals surface area contributed by atoms with Gasteiger partial charge in [0, 0.05) is 23.4 Å². The summed E-state index contributed by atoms with van der Waals surface area (Å²) >= 11 is 0. The van der Waals surface area contributed by atoms with E-state index in [0.29, 0.717) is 22.8 Å². The van der Waals surface area contributed by atoms with Crippen molar-refractivity contribution in [3.05, 3.63) is 101 Å². The van der Waals surface area contributed by atoms with Gasteiger partial charge in [-0.05, 0) is 44.5 Å². The van der Waals surface area contributed by atoms with Gasteiger partial charge in [0.05, 0.1) is 19.3 Å². The molecule has 4 aromatic rings. The first kappa shape index (κ1) is 24.3. The molecule has 1 N–H and O–H groups in total. The predicted molar refractivity (Wildman–Crippen MR) is 144 cm³/mol. The number of methoxy groups -OCH3 is 1. The number of nitrogens with zero attached hydrogens (tertiary/aromatic N) is 3. The van der Waals surface area contributed by atoms with Crippen molar-refractivity contribution >= 4 is 17.5 Å². The first-order valence-electron chi connectivity index (χ1n) is 12.3. The summed E-state index contributed by atoms with van der Waals surface area (Å²) in [6, 6.07) is 25.0. The van der Waals surface area contributed by atoms with Gasteiger partial charge in [0.25, 0.3) is 5.91 Å². The van der Waals surface area contributed by atoms with E-state index >= 15 is 0 Å². The summed E-state index contributed by atoms with van der Waals surface area (Å²) in [7, 11) is 1.60. The average molecular weight is 495 g/mol. The van der Waals surface area contributed by atoms with E-state index in [-0.39, 0.29) is 24.9 Å². The maximum atomic E-state index is 14.1. The molecule has 3 aromatic carbocycles. The molecule has 5 rings (SSSR count). The highest BCUT2D eigenvalue weighted by atomic mass is 16.5. The van der Waals surface area contributed by atoms with Crippen LogP contribution in [0.3, 0.4) is 0 Å². The minimum Gasteiger partial charge on any atom is -0.496 e. The zero-order chi connectivity index (χ0) is 26.2. The van der Waals surface area contributed by atoms with Gasteiger partial charge in [-0.2, -0.15) is 5.10 Å². The van der Waals surface area contributed by atoms with Gasteiger partial charge >= 0.3 is 0 Å². The molecule has 1 aliphatic rings.